The molecule has 1 unspecified atom stereocenters. The number of sulfonamides is 1. The van der Waals surface area contributed by atoms with E-state index in [0.29, 0.717) is 6.54 Å². The molecule has 0 aromatic heterocycles. The quantitative estimate of drug-likeness (QED) is 0.657. The lowest BCUT2D eigenvalue weighted by atomic mass is 10.1. The molecule has 5 nitrogen and oxygen atoms in total. The average molecular weight is 306 g/mol. The zero-order valence-electron chi connectivity index (χ0n) is 13.1. The van der Waals surface area contributed by atoms with Crippen LogP contribution in [0.2, 0.25) is 0 Å². The van der Waals surface area contributed by atoms with E-state index >= 15 is 0 Å². The summed E-state index contributed by atoms with van der Waals surface area (Å²) in [4.78, 5) is 0. The fourth-order valence-electron chi connectivity index (χ4n) is 2.50. The zero-order chi connectivity index (χ0) is 15.0. The Kier molecular flexibility index (Phi) is 8.02. The molecule has 0 radical (unpaired) electrons. The number of hydrogen-bond acceptors (Lipinski definition) is 4. The smallest absolute Gasteiger partial charge is 0.216 e. The van der Waals surface area contributed by atoms with Crippen molar-refractivity contribution in [1.29, 1.82) is 0 Å². The van der Waals surface area contributed by atoms with Gasteiger partial charge in [0, 0.05) is 19.1 Å². The van der Waals surface area contributed by atoms with Crippen molar-refractivity contribution in [3.63, 3.8) is 0 Å². The molecule has 1 fully saturated rings. The van der Waals surface area contributed by atoms with Crippen molar-refractivity contribution in [3.05, 3.63) is 0 Å². The van der Waals surface area contributed by atoms with E-state index in [2.05, 4.69) is 12.2 Å². The predicted octanol–water partition coefficient (Wildman–Crippen LogP) is 1.60. The minimum Gasteiger partial charge on any atom is -0.378 e. The molecule has 120 valence electrons. The van der Waals surface area contributed by atoms with Gasteiger partial charge < -0.3 is 10.1 Å². The van der Waals surface area contributed by atoms with Crippen LogP contribution in [0.5, 0.6) is 0 Å². The molecule has 1 aliphatic heterocycles. The summed E-state index contributed by atoms with van der Waals surface area (Å²) in [5, 5.41) is 3.34. The van der Waals surface area contributed by atoms with Gasteiger partial charge in [-0.15, -0.1) is 0 Å². The molecule has 1 aliphatic rings. The number of rotatable bonds is 9. The number of piperidine rings is 1. The summed E-state index contributed by atoms with van der Waals surface area (Å²) in [6, 6.07) is 0.111. The normalized spacial score (nSPS) is 21.5. The van der Waals surface area contributed by atoms with Gasteiger partial charge in [0.05, 0.1) is 18.5 Å². The van der Waals surface area contributed by atoms with Crippen molar-refractivity contribution in [2.45, 2.75) is 58.6 Å². The second kappa shape index (κ2) is 8.97. The van der Waals surface area contributed by atoms with Gasteiger partial charge in [-0.1, -0.05) is 13.3 Å². The van der Waals surface area contributed by atoms with E-state index in [1.807, 2.05) is 13.8 Å². The Morgan fingerprint density at radius 3 is 2.75 bits per heavy atom. The van der Waals surface area contributed by atoms with Crippen LogP contribution >= 0.6 is 0 Å². The van der Waals surface area contributed by atoms with Gasteiger partial charge in [0.25, 0.3) is 0 Å². The first-order valence-electron chi connectivity index (χ1n) is 7.79. The van der Waals surface area contributed by atoms with E-state index in [1.165, 1.54) is 0 Å². The largest absolute Gasteiger partial charge is 0.378 e. The highest BCUT2D eigenvalue weighted by Crippen LogP contribution is 2.20. The number of nitrogens with zero attached hydrogens (tertiary/aromatic N) is 1. The van der Waals surface area contributed by atoms with Crippen LogP contribution in [0, 0.1) is 0 Å². The van der Waals surface area contributed by atoms with Gasteiger partial charge in [-0.3, -0.25) is 0 Å². The molecular weight excluding hydrogens is 276 g/mol. The van der Waals surface area contributed by atoms with E-state index in [4.69, 9.17) is 4.74 Å². The number of hydrogen-bond donors (Lipinski definition) is 1. The van der Waals surface area contributed by atoms with Gasteiger partial charge in [-0.05, 0) is 39.7 Å². The third kappa shape index (κ3) is 6.08. The van der Waals surface area contributed by atoms with Gasteiger partial charge >= 0.3 is 0 Å². The SMILES string of the molecule is CCCNCC1CCCCN1S(=O)(=O)CCOC(C)C. The summed E-state index contributed by atoms with van der Waals surface area (Å²) in [7, 11) is -3.20. The second-order valence-electron chi connectivity index (χ2n) is 5.70. The minimum atomic E-state index is -3.20. The van der Waals surface area contributed by atoms with Gasteiger partial charge in [0.2, 0.25) is 10.0 Å². The molecule has 0 bridgehead atoms. The molecule has 1 atom stereocenters. The van der Waals surface area contributed by atoms with E-state index < -0.39 is 10.0 Å². The Labute approximate surface area is 124 Å². The first-order chi connectivity index (χ1) is 9.47. The highest BCUT2D eigenvalue weighted by atomic mass is 32.2. The predicted molar refractivity (Wildman–Crippen MR) is 82.4 cm³/mol. The molecule has 0 amide bonds. The minimum absolute atomic E-state index is 0.0774. The average Bonchev–Trinajstić information content (AvgIpc) is 2.39. The number of ether oxygens (including phenoxy) is 1. The maximum Gasteiger partial charge on any atom is 0.216 e. The summed E-state index contributed by atoms with van der Waals surface area (Å²) < 4.78 is 31.9. The Morgan fingerprint density at radius 2 is 2.10 bits per heavy atom. The molecule has 0 saturated carbocycles. The Hall–Kier alpha value is -0.170. The van der Waals surface area contributed by atoms with Crippen LogP contribution in [0.15, 0.2) is 0 Å². The summed E-state index contributed by atoms with van der Waals surface area (Å²) in [5.41, 5.74) is 0. The number of nitrogens with one attached hydrogen (secondary N) is 1. The van der Waals surface area contributed by atoms with E-state index in [0.717, 1.165) is 38.8 Å². The molecular formula is C14H30N2O3S. The lowest BCUT2D eigenvalue weighted by Gasteiger charge is -2.35. The van der Waals surface area contributed by atoms with Crippen LogP contribution in [-0.2, 0) is 14.8 Å². The van der Waals surface area contributed by atoms with Gasteiger partial charge in [0.15, 0.2) is 0 Å². The molecule has 1 N–H and O–H groups in total. The highest BCUT2D eigenvalue weighted by molar-refractivity contribution is 7.89. The van der Waals surface area contributed by atoms with Crippen molar-refractivity contribution in [2.24, 2.45) is 0 Å². The lowest BCUT2D eigenvalue weighted by molar-refractivity contribution is 0.0902. The molecule has 0 aromatic rings. The maximum atomic E-state index is 12.4. The van der Waals surface area contributed by atoms with Crippen LogP contribution in [0.3, 0.4) is 0 Å². The molecule has 1 saturated heterocycles. The molecule has 0 aliphatic carbocycles. The van der Waals surface area contributed by atoms with Crippen LogP contribution in [0.1, 0.15) is 46.5 Å². The first-order valence-corrected chi connectivity index (χ1v) is 9.40. The summed E-state index contributed by atoms with van der Waals surface area (Å²) in [6.45, 7) is 8.61. The molecule has 0 spiro atoms. The van der Waals surface area contributed by atoms with Crippen LogP contribution in [0.25, 0.3) is 0 Å². The van der Waals surface area contributed by atoms with Crippen molar-refractivity contribution < 1.29 is 13.2 Å². The Morgan fingerprint density at radius 1 is 1.35 bits per heavy atom. The standard InChI is InChI=1S/C14H30N2O3S/c1-4-8-15-12-14-7-5-6-9-16(14)20(17,18)11-10-19-13(2)3/h13-15H,4-12H2,1-3H3. The summed E-state index contributed by atoms with van der Waals surface area (Å²) in [5.74, 6) is 0.0927. The molecule has 1 rings (SSSR count). The first kappa shape index (κ1) is 17.9. The van der Waals surface area contributed by atoms with Crippen LogP contribution in [0.4, 0.5) is 0 Å². The van der Waals surface area contributed by atoms with Gasteiger partial charge in [0.1, 0.15) is 0 Å². The zero-order valence-corrected chi connectivity index (χ0v) is 13.9. The molecule has 0 aromatic carbocycles. The van der Waals surface area contributed by atoms with E-state index in [1.54, 1.807) is 4.31 Å². The summed E-state index contributed by atoms with van der Waals surface area (Å²) in [6.07, 6.45) is 4.19. The van der Waals surface area contributed by atoms with Gasteiger partial charge in [-0.25, -0.2) is 8.42 Å². The molecule has 6 heteroatoms. The fourth-order valence-corrected chi connectivity index (χ4v) is 4.08. The third-order valence-electron chi connectivity index (χ3n) is 3.53. The maximum absolute atomic E-state index is 12.4. The van der Waals surface area contributed by atoms with Crippen molar-refractivity contribution in [2.75, 3.05) is 32.0 Å². The Bertz CT molecular complexity index is 357. The molecule has 1 heterocycles. The molecule has 20 heavy (non-hydrogen) atoms. The van der Waals surface area contributed by atoms with Crippen LogP contribution < -0.4 is 5.32 Å². The highest BCUT2D eigenvalue weighted by Gasteiger charge is 2.31. The Balaban J connectivity index is 2.53. The van der Waals surface area contributed by atoms with E-state index in [9.17, 15) is 8.42 Å². The third-order valence-corrected chi connectivity index (χ3v) is 5.41. The fraction of sp³-hybridized carbons (Fsp3) is 1.00. The lowest BCUT2D eigenvalue weighted by Crippen LogP contribution is -2.49. The second-order valence-corrected chi connectivity index (χ2v) is 7.74. The van der Waals surface area contributed by atoms with Crippen molar-refractivity contribution in [1.82, 2.24) is 9.62 Å². The van der Waals surface area contributed by atoms with Crippen molar-refractivity contribution >= 4 is 10.0 Å². The van der Waals surface area contributed by atoms with Crippen LogP contribution in [-0.4, -0.2) is 56.9 Å². The van der Waals surface area contributed by atoms with Crippen molar-refractivity contribution in [3.8, 4) is 0 Å². The van der Waals surface area contributed by atoms with Gasteiger partial charge in [-0.2, -0.15) is 4.31 Å². The topological polar surface area (TPSA) is 58.6 Å². The monoisotopic (exact) mass is 306 g/mol. The summed E-state index contributed by atoms with van der Waals surface area (Å²) >= 11 is 0. The van der Waals surface area contributed by atoms with E-state index in [-0.39, 0.29) is 24.5 Å².